The summed E-state index contributed by atoms with van der Waals surface area (Å²) in [5, 5.41) is 14.4. The molecular formula is C13H24N2O2. The van der Waals surface area contributed by atoms with E-state index in [4.69, 9.17) is 4.74 Å². The maximum absolute atomic E-state index is 10.2. The third-order valence-electron chi connectivity index (χ3n) is 2.85. The highest BCUT2D eigenvalue weighted by Gasteiger charge is 2.23. The summed E-state index contributed by atoms with van der Waals surface area (Å²) in [6.45, 7) is 9.63. The van der Waals surface area contributed by atoms with Gasteiger partial charge >= 0.3 is 0 Å². The molecular weight excluding hydrogens is 216 g/mol. The molecule has 17 heavy (non-hydrogen) atoms. The number of hydrogen-bond donors (Lipinski definition) is 1. The zero-order valence-corrected chi connectivity index (χ0v) is 11.3. The van der Waals surface area contributed by atoms with Crippen LogP contribution >= 0.6 is 0 Å². The summed E-state index contributed by atoms with van der Waals surface area (Å²) in [6.07, 6.45) is 3.82. The Labute approximate surface area is 104 Å². The van der Waals surface area contributed by atoms with E-state index in [-0.39, 0.29) is 6.10 Å². The summed E-state index contributed by atoms with van der Waals surface area (Å²) in [5.41, 5.74) is 1.06. The Kier molecular flexibility index (Phi) is 5.65. The molecule has 0 bridgehead atoms. The van der Waals surface area contributed by atoms with Crippen molar-refractivity contribution in [3.63, 3.8) is 0 Å². The number of nitrogens with zero attached hydrogens (tertiary/aromatic N) is 2. The fourth-order valence-electron chi connectivity index (χ4n) is 1.98. The molecule has 0 aromatic carbocycles. The molecule has 1 rings (SSSR count). The van der Waals surface area contributed by atoms with Crippen LogP contribution in [0.1, 0.15) is 33.3 Å². The average molecular weight is 240 g/mol. The van der Waals surface area contributed by atoms with Crippen molar-refractivity contribution in [2.45, 2.75) is 52.9 Å². The molecule has 0 aliphatic carbocycles. The van der Waals surface area contributed by atoms with Gasteiger partial charge in [0, 0.05) is 25.8 Å². The first-order valence-corrected chi connectivity index (χ1v) is 6.39. The van der Waals surface area contributed by atoms with Gasteiger partial charge in [-0.3, -0.25) is 4.68 Å². The smallest absolute Gasteiger partial charge is 0.0859 e. The summed E-state index contributed by atoms with van der Waals surface area (Å²) in [7, 11) is 0. The maximum atomic E-state index is 10.2. The second kappa shape index (κ2) is 6.77. The van der Waals surface area contributed by atoms with E-state index < -0.39 is 6.10 Å². The van der Waals surface area contributed by atoms with E-state index in [2.05, 4.69) is 18.9 Å². The van der Waals surface area contributed by atoms with Crippen LogP contribution in [0.2, 0.25) is 0 Å². The van der Waals surface area contributed by atoms with E-state index in [0.29, 0.717) is 18.9 Å². The number of aryl methyl sites for hydroxylation is 1. The van der Waals surface area contributed by atoms with Crippen molar-refractivity contribution in [1.29, 1.82) is 0 Å². The molecule has 0 aliphatic heterocycles. The van der Waals surface area contributed by atoms with Crippen LogP contribution < -0.4 is 0 Å². The van der Waals surface area contributed by atoms with Gasteiger partial charge in [0.25, 0.3) is 0 Å². The lowest BCUT2D eigenvalue weighted by Gasteiger charge is -2.25. The number of ether oxygens (including phenoxy) is 1. The zero-order valence-electron chi connectivity index (χ0n) is 11.3. The lowest BCUT2D eigenvalue weighted by molar-refractivity contribution is -0.0562. The van der Waals surface area contributed by atoms with Gasteiger partial charge in [-0.25, -0.2) is 0 Å². The normalized spacial score (nSPS) is 15.2. The maximum Gasteiger partial charge on any atom is 0.0859 e. The third kappa shape index (κ3) is 4.13. The van der Waals surface area contributed by atoms with Crippen LogP contribution in [0.25, 0.3) is 0 Å². The second-order valence-electron chi connectivity index (χ2n) is 4.64. The van der Waals surface area contributed by atoms with Crippen LogP contribution in [0.3, 0.4) is 0 Å². The monoisotopic (exact) mass is 240 g/mol. The summed E-state index contributed by atoms with van der Waals surface area (Å²) >= 11 is 0. The first-order valence-electron chi connectivity index (χ1n) is 6.39. The zero-order chi connectivity index (χ0) is 12.8. The molecule has 0 amide bonds. The summed E-state index contributed by atoms with van der Waals surface area (Å²) in [6, 6.07) is 0. The highest BCUT2D eigenvalue weighted by molar-refractivity contribution is 5.06. The van der Waals surface area contributed by atoms with Crippen molar-refractivity contribution >= 4 is 0 Å². The van der Waals surface area contributed by atoms with Crippen LogP contribution in [0.5, 0.6) is 0 Å². The van der Waals surface area contributed by atoms with Crippen molar-refractivity contribution in [3.05, 3.63) is 18.0 Å². The quantitative estimate of drug-likeness (QED) is 0.791. The van der Waals surface area contributed by atoms with Crippen molar-refractivity contribution in [2.24, 2.45) is 5.92 Å². The van der Waals surface area contributed by atoms with Crippen molar-refractivity contribution in [3.8, 4) is 0 Å². The second-order valence-corrected chi connectivity index (χ2v) is 4.64. The molecule has 4 nitrogen and oxygen atoms in total. The fraction of sp³-hybridized carbons (Fsp3) is 0.769. The van der Waals surface area contributed by atoms with Gasteiger partial charge in [0.15, 0.2) is 0 Å². The van der Waals surface area contributed by atoms with Gasteiger partial charge in [-0.15, -0.1) is 0 Å². The Morgan fingerprint density at radius 2 is 2.12 bits per heavy atom. The SMILES string of the molecule is CCOC(C(C)C)C(O)Cc1cnn(CC)c1. The number of aliphatic hydroxyl groups is 1. The standard InChI is InChI=1S/C13H24N2O2/c1-5-15-9-11(8-14-15)7-12(16)13(10(3)4)17-6-2/h8-10,12-13,16H,5-7H2,1-4H3. The van der Waals surface area contributed by atoms with E-state index in [1.807, 2.05) is 30.9 Å². The topological polar surface area (TPSA) is 47.3 Å². The van der Waals surface area contributed by atoms with Gasteiger partial charge in [-0.05, 0) is 25.3 Å². The van der Waals surface area contributed by atoms with Gasteiger partial charge in [0.05, 0.1) is 18.4 Å². The van der Waals surface area contributed by atoms with Gasteiger partial charge in [-0.1, -0.05) is 13.8 Å². The van der Waals surface area contributed by atoms with Gasteiger partial charge in [0.2, 0.25) is 0 Å². The minimum absolute atomic E-state index is 0.107. The van der Waals surface area contributed by atoms with Crippen LogP contribution in [-0.2, 0) is 17.7 Å². The Morgan fingerprint density at radius 3 is 2.59 bits per heavy atom. The summed E-state index contributed by atoms with van der Waals surface area (Å²) in [5.74, 6) is 0.311. The van der Waals surface area contributed by atoms with E-state index >= 15 is 0 Å². The first-order chi connectivity index (χ1) is 8.08. The molecule has 0 fully saturated rings. The van der Waals surface area contributed by atoms with Gasteiger partial charge in [-0.2, -0.15) is 5.10 Å². The minimum Gasteiger partial charge on any atom is -0.390 e. The largest absolute Gasteiger partial charge is 0.390 e. The molecule has 0 spiro atoms. The molecule has 1 aromatic rings. The van der Waals surface area contributed by atoms with Crippen LogP contribution in [0, 0.1) is 5.92 Å². The van der Waals surface area contributed by atoms with Crippen LogP contribution in [0.15, 0.2) is 12.4 Å². The average Bonchev–Trinajstić information content (AvgIpc) is 2.72. The molecule has 98 valence electrons. The van der Waals surface area contributed by atoms with Crippen molar-refractivity contribution < 1.29 is 9.84 Å². The molecule has 0 saturated heterocycles. The summed E-state index contributed by atoms with van der Waals surface area (Å²) in [4.78, 5) is 0. The lowest BCUT2D eigenvalue weighted by Crippen LogP contribution is -2.35. The minimum atomic E-state index is -0.468. The number of aliphatic hydroxyl groups excluding tert-OH is 1. The molecule has 1 aromatic heterocycles. The Hall–Kier alpha value is -0.870. The Balaban J connectivity index is 2.59. The predicted molar refractivity (Wildman–Crippen MR) is 67.9 cm³/mol. The van der Waals surface area contributed by atoms with E-state index in [1.165, 1.54) is 0 Å². The van der Waals surface area contributed by atoms with Gasteiger partial charge < -0.3 is 9.84 Å². The molecule has 2 unspecified atom stereocenters. The molecule has 0 aliphatic rings. The lowest BCUT2D eigenvalue weighted by atomic mass is 9.97. The van der Waals surface area contributed by atoms with Crippen molar-refractivity contribution in [1.82, 2.24) is 9.78 Å². The summed E-state index contributed by atoms with van der Waals surface area (Å²) < 4.78 is 7.46. The Bertz CT molecular complexity index is 323. The number of hydrogen-bond acceptors (Lipinski definition) is 3. The molecule has 1 heterocycles. The molecule has 0 saturated carbocycles. The molecule has 0 radical (unpaired) electrons. The van der Waals surface area contributed by atoms with E-state index in [1.54, 1.807) is 0 Å². The van der Waals surface area contributed by atoms with Gasteiger partial charge in [0.1, 0.15) is 0 Å². The molecule has 1 N–H and O–H groups in total. The third-order valence-corrected chi connectivity index (χ3v) is 2.85. The first kappa shape index (κ1) is 14.2. The number of aromatic nitrogens is 2. The molecule has 2 atom stereocenters. The number of rotatable bonds is 7. The van der Waals surface area contributed by atoms with Crippen LogP contribution in [0.4, 0.5) is 0 Å². The predicted octanol–water partition coefficient (Wildman–Crippen LogP) is 1.87. The van der Waals surface area contributed by atoms with E-state index in [9.17, 15) is 5.11 Å². The molecule has 4 heteroatoms. The van der Waals surface area contributed by atoms with Crippen molar-refractivity contribution in [2.75, 3.05) is 6.61 Å². The highest BCUT2D eigenvalue weighted by atomic mass is 16.5. The van der Waals surface area contributed by atoms with E-state index in [0.717, 1.165) is 12.1 Å². The highest BCUT2D eigenvalue weighted by Crippen LogP contribution is 2.15. The van der Waals surface area contributed by atoms with Crippen LogP contribution in [-0.4, -0.2) is 33.7 Å². The fourth-order valence-corrected chi connectivity index (χ4v) is 1.98. The Morgan fingerprint density at radius 1 is 1.41 bits per heavy atom.